The maximum Gasteiger partial charge on any atom is 0.433 e. The third-order valence-electron chi connectivity index (χ3n) is 4.21. The summed E-state index contributed by atoms with van der Waals surface area (Å²) in [4.78, 5) is 26.8. The first kappa shape index (κ1) is 18.1. The van der Waals surface area contributed by atoms with Gasteiger partial charge in [-0.05, 0) is 18.6 Å². The van der Waals surface area contributed by atoms with Crippen LogP contribution in [0.25, 0.3) is 11.4 Å². The first-order valence-electron chi connectivity index (χ1n) is 8.20. The van der Waals surface area contributed by atoms with Crippen molar-refractivity contribution >= 4 is 11.7 Å². The Morgan fingerprint density at radius 3 is 2.58 bits per heavy atom. The minimum atomic E-state index is -4.58. The maximum atomic E-state index is 13.2. The summed E-state index contributed by atoms with van der Waals surface area (Å²) in [5, 5.41) is 0. The molecule has 9 heteroatoms. The van der Waals surface area contributed by atoms with E-state index in [0.29, 0.717) is 31.6 Å². The van der Waals surface area contributed by atoms with Crippen molar-refractivity contribution in [1.29, 1.82) is 0 Å². The lowest BCUT2D eigenvalue weighted by molar-refractivity contribution is -0.141. The van der Waals surface area contributed by atoms with Gasteiger partial charge in [0.15, 0.2) is 11.5 Å². The number of likely N-dealkylation sites (N-methyl/N-ethyl adjacent to an activating group) is 1. The van der Waals surface area contributed by atoms with Crippen molar-refractivity contribution in [2.75, 3.05) is 31.6 Å². The van der Waals surface area contributed by atoms with E-state index in [1.54, 1.807) is 29.0 Å². The molecule has 3 rings (SSSR count). The Morgan fingerprint density at radius 1 is 1.23 bits per heavy atom. The number of hydrogen-bond donors (Lipinski definition) is 0. The summed E-state index contributed by atoms with van der Waals surface area (Å²) in [7, 11) is 1.65. The molecule has 0 radical (unpaired) electrons. The highest BCUT2D eigenvalue weighted by Gasteiger charge is 2.34. The SMILES string of the molecule is CN(CCN1CCCC1=O)c1cc(C(F)(F)F)nc(-c2ccncc2)n1. The second-order valence-electron chi connectivity index (χ2n) is 6.07. The molecule has 6 nitrogen and oxygen atoms in total. The fraction of sp³-hybridized carbons (Fsp3) is 0.412. The molecule has 1 saturated heterocycles. The minimum absolute atomic E-state index is 0.0127. The van der Waals surface area contributed by atoms with Gasteiger partial charge >= 0.3 is 6.18 Å². The fourth-order valence-electron chi connectivity index (χ4n) is 2.73. The van der Waals surface area contributed by atoms with Gasteiger partial charge in [0, 0.05) is 57.1 Å². The Hall–Kier alpha value is -2.71. The van der Waals surface area contributed by atoms with Crippen LogP contribution >= 0.6 is 0 Å². The molecule has 2 aromatic heterocycles. The zero-order valence-electron chi connectivity index (χ0n) is 14.2. The van der Waals surface area contributed by atoms with Gasteiger partial charge in [-0.2, -0.15) is 13.2 Å². The third kappa shape index (κ3) is 4.09. The molecule has 0 unspecified atom stereocenters. The topological polar surface area (TPSA) is 62.2 Å². The molecule has 1 amide bonds. The van der Waals surface area contributed by atoms with Crippen molar-refractivity contribution in [1.82, 2.24) is 19.9 Å². The molecular weight excluding hydrogens is 347 g/mol. The second kappa shape index (κ2) is 7.27. The number of alkyl halides is 3. The van der Waals surface area contributed by atoms with E-state index in [2.05, 4.69) is 15.0 Å². The van der Waals surface area contributed by atoms with Gasteiger partial charge < -0.3 is 9.80 Å². The van der Waals surface area contributed by atoms with Gasteiger partial charge in [0.25, 0.3) is 0 Å². The van der Waals surface area contributed by atoms with Crippen molar-refractivity contribution in [3.63, 3.8) is 0 Å². The molecule has 0 saturated carbocycles. The van der Waals surface area contributed by atoms with Crippen LogP contribution in [-0.2, 0) is 11.0 Å². The minimum Gasteiger partial charge on any atom is -0.358 e. The zero-order chi connectivity index (χ0) is 18.7. The van der Waals surface area contributed by atoms with Crippen LogP contribution in [0, 0.1) is 0 Å². The molecule has 3 heterocycles. The van der Waals surface area contributed by atoms with E-state index >= 15 is 0 Å². The van der Waals surface area contributed by atoms with Gasteiger partial charge in [-0.25, -0.2) is 9.97 Å². The van der Waals surface area contributed by atoms with Crippen LogP contribution in [0.15, 0.2) is 30.6 Å². The van der Waals surface area contributed by atoms with Crippen LogP contribution in [0.3, 0.4) is 0 Å². The number of anilines is 1. The lowest BCUT2D eigenvalue weighted by Gasteiger charge is -2.23. The summed E-state index contributed by atoms with van der Waals surface area (Å²) in [6.45, 7) is 1.52. The van der Waals surface area contributed by atoms with Gasteiger partial charge in [-0.3, -0.25) is 9.78 Å². The van der Waals surface area contributed by atoms with E-state index in [4.69, 9.17) is 0 Å². The Morgan fingerprint density at radius 2 is 1.96 bits per heavy atom. The summed E-state index contributed by atoms with van der Waals surface area (Å²) in [5.74, 6) is 0.224. The predicted molar refractivity (Wildman–Crippen MR) is 89.3 cm³/mol. The molecule has 0 atom stereocenters. The number of amides is 1. The van der Waals surface area contributed by atoms with E-state index in [9.17, 15) is 18.0 Å². The van der Waals surface area contributed by atoms with E-state index < -0.39 is 11.9 Å². The summed E-state index contributed by atoms with van der Waals surface area (Å²) < 4.78 is 39.7. The first-order chi connectivity index (χ1) is 12.3. The van der Waals surface area contributed by atoms with Crippen LogP contribution in [0.2, 0.25) is 0 Å². The fourth-order valence-corrected chi connectivity index (χ4v) is 2.73. The molecule has 138 valence electrons. The number of halogens is 3. The first-order valence-corrected chi connectivity index (χ1v) is 8.20. The van der Waals surface area contributed by atoms with Gasteiger partial charge in [0.1, 0.15) is 5.82 Å². The Labute approximate surface area is 148 Å². The number of rotatable bonds is 5. The van der Waals surface area contributed by atoms with E-state index in [1.165, 1.54) is 12.4 Å². The molecule has 0 bridgehead atoms. The molecule has 0 spiro atoms. The molecule has 2 aromatic rings. The maximum absolute atomic E-state index is 13.2. The number of carbonyl (C=O) groups is 1. The zero-order valence-corrected chi connectivity index (χ0v) is 14.2. The highest BCUT2D eigenvalue weighted by Crippen LogP contribution is 2.31. The number of nitrogens with zero attached hydrogens (tertiary/aromatic N) is 5. The molecule has 1 aliphatic rings. The monoisotopic (exact) mass is 365 g/mol. The largest absolute Gasteiger partial charge is 0.433 e. The average Bonchev–Trinajstić information content (AvgIpc) is 3.04. The Bertz CT molecular complexity index is 782. The van der Waals surface area contributed by atoms with Gasteiger partial charge in [-0.15, -0.1) is 0 Å². The smallest absolute Gasteiger partial charge is 0.358 e. The Balaban J connectivity index is 1.86. The van der Waals surface area contributed by atoms with Gasteiger partial charge in [0.2, 0.25) is 5.91 Å². The average molecular weight is 365 g/mol. The van der Waals surface area contributed by atoms with Gasteiger partial charge in [0.05, 0.1) is 0 Å². The molecule has 0 aliphatic carbocycles. The van der Waals surface area contributed by atoms with Crippen molar-refractivity contribution in [3.8, 4) is 11.4 Å². The number of aromatic nitrogens is 3. The highest BCUT2D eigenvalue weighted by molar-refractivity contribution is 5.78. The normalized spacial score (nSPS) is 14.8. The molecule has 1 fully saturated rings. The summed E-state index contributed by atoms with van der Waals surface area (Å²) in [5.41, 5.74) is -0.547. The van der Waals surface area contributed by atoms with Gasteiger partial charge in [-0.1, -0.05) is 0 Å². The lowest BCUT2D eigenvalue weighted by Crippen LogP contribution is -2.34. The van der Waals surface area contributed by atoms with Crippen molar-refractivity contribution in [2.45, 2.75) is 19.0 Å². The van der Waals surface area contributed by atoms with Crippen molar-refractivity contribution in [2.24, 2.45) is 0 Å². The lowest BCUT2D eigenvalue weighted by atomic mass is 10.2. The van der Waals surface area contributed by atoms with Crippen molar-refractivity contribution < 1.29 is 18.0 Å². The quantitative estimate of drug-likeness (QED) is 0.815. The van der Waals surface area contributed by atoms with E-state index in [0.717, 1.165) is 12.5 Å². The number of pyridine rings is 1. The van der Waals surface area contributed by atoms with E-state index in [-0.39, 0.29) is 17.5 Å². The Kier molecular flexibility index (Phi) is 5.06. The molecular formula is C17H18F3N5O. The van der Waals surface area contributed by atoms with Crippen LogP contribution in [0.5, 0.6) is 0 Å². The van der Waals surface area contributed by atoms with Crippen LogP contribution in [0.4, 0.5) is 19.0 Å². The summed E-state index contributed by atoms with van der Waals surface area (Å²) in [6, 6.07) is 4.04. The molecule has 0 N–H and O–H groups in total. The molecule has 1 aliphatic heterocycles. The second-order valence-corrected chi connectivity index (χ2v) is 6.07. The standard InChI is InChI=1S/C17H18F3N5O/c1-24(9-10-25-8-2-3-15(25)26)14-11-13(17(18,19)20)22-16(23-14)12-4-6-21-7-5-12/h4-7,11H,2-3,8-10H2,1H3. The predicted octanol–water partition coefficient (Wildman–Crippen LogP) is 2.62. The third-order valence-corrected chi connectivity index (χ3v) is 4.21. The highest BCUT2D eigenvalue weighted by atomic mass is 19.4. The van der Waals surface area contributed by atoms with E-state index in [1.807, 2.05) is 0 Å². The summed E-state index contributed by atoms with van der Waals surface area (Å²) in [6.07, 6.45) is -0.282. The number of hydrogen-bond acceptors (Lipinski definition) is 5. The molecule has 0 aromatic carbocycles. The van der Waals surface area contributed by atoms with Crippen LogP contribution < -0.4 is 4.90 Å². The summed E-state index contributed by atoms with van der Waals surface area (Å²) >= 11 is 0. The number of likely N-dealkylation sites (tertiary alicyclic amines) is 1. The van der Waals surface area contributed by atoms with Crippen LogP contribution in [-0.4, -0.2) is 52.4 Å². The van der Waals surface area contributed by atoms with Crippen LogP contribution in [0.1, 0.15) is 18.5 Å². The van der Waals surface area contributed by atoms with Crippen molar-refractivity contribution in [3.05, 3.63) is 36.3 Å². The molecule has 26 heavy (non-hydrogen) atoms. The number of carbonyl (C=O) groups excluding carboxylic acids is 1.